The van der Waals surface area contributed by atoms with Crippen molar-refractivity contribution >= 4 is 5.69 Å². The van der Waals surface area contributed by atoms with Crippen molar-refractivity contribution in [3.63, 3.8) is 0 Å². The van der Waals surface area contributed by atoms with E-state index in [0.717, 1.165) is 24.1 Å². The van der Waals surface area contributed by atoms with Gasteiger partial charge in [-0.1, -0.05) is 19.3 Å². The summed E-state index contributed by atoms with van der Waals surface area (Å²) in [5.41, 5.74) is 7.76. The topological polar surface area (TPSA) is 60.2 Å². The van der Waals surface area contributed by atoms with E-state index in [4.69, 9.17) is 10.5 Å². The molecule has 4 heteroatoms. The number of nitrogens with one attached hydrogen (secondary N) is 1. The number of hydrogen-bond donors (Lipinski definition) is 2. The highest BCUT2D eigenvalue weighted by molar-refractivity contribution is 5.47. The number of anilines is 1. The molecule has 1 fully saturated rings. The van der Waals surface area contributed by atoms with Gasteiger partial charge < -0.3 is 15.8 Å². The van der Waals surface area contributed by atoms with Gasteiger partial charge in [-0.05, 0) is 26.0 Å². The third kappa shape index (κ3) is 2.35. The summed E-state index contributed by atoms with van der Waals surface area (Å²) in [6.07, 6.45) is 9.45. The average Bonchev–Trinajstić information content (AvgIpc) is 2.43. The second-order valence-electron chi connectivity index (χ2n) is 5.06. The third-order valence-electron chi connectivity index (χ3n) is 4.12. The highest BCUT2D eigenvalue weighted by Gasteiger charge is 2.40. The lowest BCUT2D eigenvalue weighted by Crippen LogP contribution is -2.46. The Balaban J connectivity index is 2.34. The first-order chi connectivity index (χ1) is 8.73. The van der Waals surface area contributed by atoms with Crippen LogP contribution in [0.5, 0.6) is 0 Å². The summed E-state index contributed by atoms with van der Waals surface area (Å²) in [6.45, 7) is 0. The molecule has 4 nitrogen and oxygen atoms in total. The van der Waals surface area contributed by atoms with Crippen LogP contribution in [0.4, 0.5) is 5.69 Å². The molecule has 2 rings (SSSR count). The van der Waals surface area contributed by atoms with E-state index in [1.54, 1.807) is 6.20 Å². The molecule has 1 unspecified atom stereocenters. The molecule has 3 N–H and O–H groups in total. The van der Waals surface area contributed by atoms with Crippen LogP contribution >= 0.6 is 0 Å². The first-order valence-corrected chi connectivity index (χ1v) is 6.65. The number of aromatic nitrogens is 1. The van der Waals surface area contributed by atoms with E-state index in [9.17, 15) is 0 Å². The number of nitrogens with two attached hydrogens (primary N) is 1. The Bertz CT molecular complexity index is 388. The molecule has 1 saturated carbocycles. The van der Waals surface area contributed by atoms with Crippen LogP contribution in [0.3, 0.4) is 0 Å². The zero-order chi connectivity index (χ0) is 13.0. The zero-order valence-corrected chi connectivity index (χ0v) is 11.3. The standard InChI is InChI=1S/C14H23N3O/c1-16-13(11-10-17-9-6-12(11)15)14(18-2)7-4-3-5-8-14/h6,9-10,13,16H,3-5,7-8H2,1-2H3,(H2,15,17). The summed E-state index contributed by atoms with van der Waals surface area (Å²) in [6, 6.07) is 1.96. The SMILES string of the molecule is CNC(c1cnccc1N)C1(OC)CCCCC1. The molecule has 0 radical (unpaired) electrons. The molecule has 0 saturated heterocycles. The first-order valence-electron chi connectivity index (χ1n) is 6.65. The predicted octanol–water partition coefficient (Wildman–Crippen LogP) is 2.27. The van der Waals surface area contributed by atoms with Gasteiger partial charge in [-0.25, -0.2) is 0 Å². The summed E-state index contributed by atoms with van der Waals surface area (Å²) < 4.78 is 5.90. The Kier molecular flexibility index (Phi) is 4.19. The molecule has 0 amide bonds. The third-order valence-corrected chi connectivity index (χ3v) is 4.12. The van der Waals surface area contributed by atoms with Crippen molar-refractivity contribution in [1.29, 1.82) is 0 Å². The van der Waals surface area contributed by atoms with Crippen LogP contribution in [0.25, 0.3) is 0 Å². The van der Waals surface area contributed by atoms with Gasteiger partial charge in [0, 0.05) is 30.8 Å². The van der Waals surface area contributed by atoms with Crippen LogP contribution < -0.4 is 11.1 Å². The van der Waals surface area contributed by atoms with Crippen molar-refractivity contribution in [2.24, 2.45) is 0 Å². The highest BCUT2D eigenvalue weighted by Crippen LogP contribution is 2.42. The molecular formula is C14H23N3O. The molecule has 100 valence electrons. The van der Waals surface area contributed by atoms with E-state index in [1.165, 1.54) is 19.3 Å². The van der Waals surface area contributed by atoms with Crippen molar-refractivity contribution in [3.8, 4) is 0 Å². The molecule has 0 aliphatic heterocycles. The van der Waals surface area contributed by atoms with Crippen LogP contribution in [0.2, 0.25) is 0 Å². The summed E-state index contributed by atoms with van der Waals surface area (Å²) in [5.74, 6) is 0. The maximum Gasteiger partial charge on any atom is 0.0873 e. The fourth-order valence-corrected chi connectivity index (χ4v) is 3.12. The minimum absolute atomic E-state index is 0.108. The van der Waals surface area contributed by atoms with Gasteiger partial charge >= 0.3 is 0 Å². The number of methoxy groups -OCH3 is 1. The second-order valence-corrected chi connectivity index (χ2v) is 5.06. The quantitative estimate of drug-likeness (QED) is 0.859. The minimum atomic E-state index is -0.149. The van der Waals surface area contributed by atoms with Crippen LogP contribution in [0.15, 0.2) is 18.5 Å². The number of nitrogen functional groups attached to an aromatic ring is 1. The maximum absolute atomic E-state index is 6.08. The van der Waals surface area contributed by atoms with Crippen molar-refractivity contribution in [1.82, 2.24) is 10.3 Å². The van der Waals surface area contributed by atoms with Gasteiger partial charge in [-0.15, -0.1) is 0 Å². The van der Waals surface area contributed by atoms with Gasteiger partial charge in [0.05, 0.1) is 11.6 Å². The van der Waals surface area contributed by atoms with E-state index >= 15 is 0 Å². The summed E-state index contributed by atoms with van der Waals surface area (Å²) >= 11 is 0. The summed E-state index contributed by atoms with van der Waals surface area (Å²) in [4.78, 5) is 4.20. The smallest absolute Gasteiger partial charge is 0.0873 e. The number of pyridine rings is 1. The summed E-state index contributed by atoms with van der Waals surface area (Å²) in [7, 11) is 3.77. The second kappa shape index (κ2) is 5.67. The lowest BCUT2D eigenvalue weighted by molar-refractivity contribution is -0.0670. The molecule has 0 bridgehead atoms. The van der Waals surface area contributed by atoms with E-state index in [1.807, 2.05) is 26.4 Å². The van der Waals surface area contributed by atoms with E-state index in [2.05, 4.69) is 10.3 Å². The van der Waals surface area contributed by atoms with E-state index in [-0.39, 0.29) is 11.6 Å². The molecule has 1 heterocycles. The Morgan fingerprint density at radius 3 is 2.67 bits per heavy atom. The number of nitrogens with zero attached hydrogens (tertiary/aromatic N) is 1. The Morgan fingerprint density at radius 2 is 2.11 bits per heavy atom. The molecule has 1 atom stereocenters. The number of rotatable bonds is 4. The zero-order valence-electron chi connectivity index (χ0n) is 11.3. The predicted molar refractivity (Wildman–Crippen MR) is 73.3 cm³/mol. The van der Waals surface area contributed by atoms with Crippen molar-refractivity contribution < 1.29 is 4.74 Å². The minimum Gasteiger partial charge on any atom is -0.398 e. The van der Waals surface area contributed by atoms with Gasteiger partial charge in [0.25, 0.3) is 0 Å². The Labute approximate surface area is 109 Å². The van der Waals surface area contributed by atoms with Crippen molar-refractivity contribution in [2.45, 2.75) is 43.7 Å². The monoisotopic (exact) mass is 249 g/mol. The van der Waals surface area contributed by atoms with Crippen LogP contribution in [-0.4, -0.2) is 24.7 Å². The lowest BCUT2D eigenvalue weighted by Gasteiger charge is -2.42. The lowest BCUT2D eigenvalue weighted by atomic mass is 9.76. The van der Waals surface area contributed by atoms with Gasteiger partial charge in [-0.3, -0.25) is 4.98 Å². The highest BCUT2D eigenvalue weighted by atomic mass is 16.5. The molecular weight excluding hydrogens is 226 g/mol. The van der Waals surface area contributed by atoms with E-state index < -0.39 is 0 Å². The van der Waals surface area contributed by atoms with Crippen LogP contribution in [-0.2, 0) is 4.74 Å². The first kappa shape index (κ1) is 13.3. The maximum atomic E-state index is 6.08. The van der Waals surface area contributed by atoms with Crippen LogP contribution in [0.1, 0.15) is 43.7 Å². The average molecular weight is 249 g/mol. The van der Waals surface area contributed by atoms with Crippen LogP contribution in [0, 0.1) is 0 Å². The largest absolute Gasteiger partial charge is 0.398 e. The van der Waals surface area contributed by atoms with Crippen molar-refractivity contribution in [3.05, 3.63) is 24.0 Å². The molecule has 1 aromatic heterocycles. The molecule has 1 aromatic rings. The van der Waals surface area contributed by atoms with Gasteiger partial charge in [-0.2, -0.15) is 0 Å². The normalized spacial score (nSPS) is 20.6. The number of hydrogen-bond acceptors (Lipinski definition) is 4. The molecule has 0 spiro atoms. The number of ether oxygens (including phenoxy) is 1. The Hall–Kier alpha value is -1.13. The molecule has 18 heavy (non-hydrogen) atoms. The van der Waals surface area contributed by atoms with Gasteiger partial charge in [0.2, 0.25) is 0 Å². The molecule has 1 aliphatic rings. The molecule has 0 aromatic carbocycles. The molecule has 1 aliphatic carbocycles. The fraction of sp³-hybridized carbons (Fsp3) is 0.643. The van der Waals surface area contributed by atoms with Gasteiger partial charge in [0.1, 0.15) is 0 Å². The fourth-order valence-electron chi connectivity index (χ4n) is 3.12. The van der Waals surface area contributed by atoms with Gasteiger partial charge in [0.15, 0.2) is 0 Å². The van der Waals surface area contributed by atoms with Crippen molar-refractivity contribution in [2.75, 3.05) is 19.9 Å². The summed E-state index contributed by atoms with van der Waals surface area (Å²) in [5, 5.41) is 3.38. The van der Waals surface area contributed by atoms with E-state index in [0.29, 0.717) is 0 Å². The Morgan fingerprint density at radius 1 is 1.39 bits per heavy atom. The number of likely N-dealkylation sites (N-methyl/N-ethyl adjacent to an activating group) is 1.